The number of hydrogen-bond acceptors (Lipinski definition) is 10. The van der Waals surface area contributed by atoms with E-state index in [-0.39, 0.29) is 64.4 Å². The van der Waals surface area contributed by atoms with Gasteiger partial charge in [-0.25, -0.2) is 0 Å². The summed E-state index contributed by atoms with van der Waals surface area (Å²) in [7, 11) is 0. The molecule has 10 nitrogen and oxygen atoms in total. The molecule has 0 atom stereocenters. The van der Waals surface area contributed by atoms with Crippen LogP contribution in [0.1, 0.15) is 77.6 Å². The number of fused-ring (bicyclic) bond motifs is 3. The maximum absolute atomic E-state index is 6.78. The maximum atomic E-state index is 6.78. The van der Waals surface area contributed by atoms with Crippen molar-refractivity contribution in [3.05, 3.63) is 96.5 Å². The van der Waals surface area contributed by atoms with E-state index in [1.165, 1.54) is 12.5 Å². The summed E-state index contributed by atoms with van der Waals surface area (Å²) in [5.74, 6) is 3.38. The Kier molecular flexibility index (Phi) is 13.7. The lowest BCUT2D eigenvalue weighted by Gasteiger charge is -2.39. The smallest absolute Gasteiger partial charge is 0.217 e. The second kappa shape index (κ2) is 18.6. The molecule has 0 bridgehead atoms. The highest BCUT2D eigenvalue weighted by molar-refractivity contribution is 5.92. The minimum absolute atomic E-state index is 0.274. The Bertz CT molecular complexity index is 1750. The Labute approximate surface area is 325 Å². The third kappa shape index (κ3) is 6.94. The molecule has 0 N–H and O–H groups in total. The van der Waals surface area contributed by atoms with Gasteiger partial charge in [-0.2, -0.15) is 0 Å². The lowest BCUT2D eigenvalue weighted by molar-refractivity contribution is 0.236. The van der Waals surface area contributed by atoms with E-state index in [0.717, 1.165) is 22.3 Å². The summed E-state index contributed by atoms with van der Waals surface area (Å²) in [6.07, 6.45) is 2.67. The first-order valence-electron chi connectivity index (χ1n) is 19.2. The van der Waals surface area contributed by atoms with Crippen molar-refractivity contribution in [1.82, 2.24) is 0 Å². The Morgan fingerprint density at radius 2 is 0.636 bits per heavy atom. The highest BCUT2D eigenvalue weighted by Crippen LogP contribution is 2.70. The van der Waals surface area contributed by atoms with E-state index in [0.29, 0.717) is 57.1 Å². The van der Waals surface area contributed by atoms with Gasteiger partial charge in [-0.3, -0.25) is 0 Å². The average Bonchev–Trinajstić information content (AvgIpc) is 3.48. The van der Waals surface area contributed by atoms with Gasteiger partial charge in [0.05, 0.1) is 81.9 Å². The fourth-order valence-corrected chi connectivity index (χ4v) is 7.47. The quantitative estimate of drug-likeness (QED) is 0.0636. The SMILES string of the molecule is C=COc1c(OCC)c(OCC)c(C2(c3c(OCC)c(OCC)c(OC=C)c(OCC)c3OCC)c3ccccc3-c3ccccc32)c(OCC)c1OCC. The van der Waals surface area contributed by atoms with Gasteiger partial charge in [0.15, 0.2) is 23.0 Å². The molecule has 0 aliphatic heterocycles. The van der Waals surface area contributed by atoms with Crippen LogP contribution < -0.4 is 47.4 Å². The van der Waals surface area contributed by atoms with Crippen LogP contribution in [0.25, 0.3) is 11.1 Å². The van der Waals surface area contributed by atoms with Gasteiger partial charge in [0.25, 0.3) is 0 Å². The second-order valence-corrected chi connectivity index (χ2v) is 11.9. The lowest BCUT2D eigenvalue weighted by atomic mass is 9.65. The molecule has 0 fully saturated rings. The molecule has 0 saturated carbocycles. The van der Waals surface area contributed by atoms with Crippen molar-refractivity contribution in [2.24, 2.45) is 0 Å². The van der Waals surface area contributed by atoms with Crippen molar-refractivity contribution in [3.8, 4) is 68.6 Å². The van der Waals surface area contributed by atoms with Crippen LogP contribution in [0.5, 0.6) is 57.5 Å². The highest BCUT2D eigenvalue weighted by atomic mass is 16.6. The van der Waals surface area contributed by atoms with E-state index in [1.807, 2.05) is 79.7 Å². The lowest BCUT2D eigenvalue weighted by Crippen LogP contribution is -2.32. The van der Waals surface area contributed by atoms with Crippen molar-refractivity contribution in [2.45, 2.75) is 60.8 Å². The van der Waals surface area contributed by atoms with Crippen LogP contribution in [0, 0.1) is 0 Å². The van der Waals surface area contributed by atoms with Gasteiger partial charge in [0.1, 0.15) is 0 Å². The van der Waals surface area contributed by atoms with Gasteiger partial charge < -0.3 is 47.4 Å². The maximum Gasteiger partial charge on any atom is 0.217 e. The third-order valence-corrected chi connectivity index (χ3v) is 8.97. The van der Waals surface area contributed by atoms with Crippen molar-refractivity contribution in [3.63, 3.8) is 0 Å². The van der Waals surface area contributed by atoms with E-state index < -0.39 is 5.41 Å². The highest BCUT2D eigenvalue weighted by Gasteiger charge is 2.56. The number of benzene rings is 4. The van der Waals surface area contributed by atoms with E-state index in [4.69, 9.17) is 47.4 Å². The fraction of sp³-hybridized carbons (Fsp3) is 0.378. The summed E-state index contributed by atoms with van der Waals surface area (Å²) >= 11 is 0. The zero-order chi connectivity index (χ0) is 39.5. The molecule has 0 aromatic heterocycles. The Balaban J connectivity index is 2.28. The van der Waals surface area contributed by atoms with E-state index in [2.05, 4.69) is 37.4 Å². The van der Waals surface area contributed by atoms with Crippen LogP contribution in [0.3, 0.4) is 0 Å². The monoisotopic (exact) mass is 754 g/mol. The predicted octanol–water partition coefficient (Wildman–Crippen LogP) is 10.3. The predicted molar refractivity (Wildman–Crippen MR) is 215 cm³/mol. The first-order chi connectivity index (χ1) is 26.9. The molecule has 0 amide bonds. The Hall–Kier alpha value is -5.64. The summed E-state index contributed by atoms with van der Waals surface area (Å²) in [5.41, 5.74) is 3.58. The molecule has 0 radical (unpaired) electrons. The van der Waals surface area contributed by atoms with Crippen LogP contribution in [-0.2, 0) is 5.41 Å². The summed E-state index contributed by atoms with van der Waals surface area (Å²) in [4.78, 5) is 0. The molecule has 5 rings (SSSR count). The number of rotatable bonds is 22. The number of hydrogen-bond donors (Lipinski definition) is 0. The van der Waals surface area contributed by atoms with Gasteiger partial charge in [0, 0.05) is 0 Å². The summed E-state index contributed by atoms with van der Waals surface area (Å²) < 4.78 is 65.4. The van der Waals surface area contributed by atoms with Crippen molar-refractivity contribution in [2.75, 3.05) is 52.9 Å². The van der Waals surface area contributed by atoms with E-state index >= 15 is 0 Å². The first-order valence-corrected chi connectivity index (χ1v) is 19.2. The summed E-state index contributed by atoms with van der Waals surface area (Å²) in [6.45, 7) is 25.3. The molecule has 55 heavy (non-hydrogen) atoms. The topological polar surface area (TPSA) is 92.3 Å². The van der Waals surface area contributed by atoms with E-state index in [1.54, 1.807) is 0 Å². The Morgan fingerprint density at radius 1 is 0.382 bits per heavy atom. The fourth-order valence-electron chi connectivity index (χ4n) is 7.47. The van der Waals surface area contributed by atoms with Gasteiger partial charge in [-0.15, -0.1) is 0 Å². The third-order valence-electron chi connectivity index (χ3n) is 8.97. The molecule has 4 aromatic carbocycles. The number of ether oxygens (including phenoxy) is 10. The van der Waals surface area contributed by atoms with Gasteiger partial charge in [-0.1, -0.05) is 61.7 Å². The van der Waals surface area contributed by atoms with Crippen molar-refractivity contribution < 1.29 is 47.4 Å². The minimum Gasteiger partial charge on any atom is -0.489 e. The van der Waals surface area contributed by atoms with Gasteiger partial charge in [0.2, 0.25) is 34.5 Å². The first kappa shape index (κ1) is 40.5. The average molecular weight is 755 g/mol. The zero-order valence-corrected chi connectivity index (χ0v) is 33.4. The van der Waals surface area contributed by atoms with Crippen LogP contribution in [0.15, 0.2) is 74.2 Å². The summed E-state index contributed by atoms with van der Waals surface area (Å²) in [5, 5.41) is 0. The van der Waals surface area contributed by atoms with Crippen LogP contribution in [0.2, 0.25) is 0 Å². The molecular weight excluding hydrogens is 700 g/mol. The summed E-state index contributed by atoms with van der Waals surface area (Å²) in [6, 6.07) is 16.5. The molecule has 0 heterocycles. The molecule has 10 heteroatoms. The molecule has 0 spiro atoms. The Morgan fingerprint density at radius 3 is 0.891 bits per heavy atom. The standard InChI is InChI=1S/C45H54O10/c1-11-46-35-33(36(47-12-2)40(51-16-6)43(54-19-9)39(35)50-15-5)45(31-27-23-21-25-29(31)30-26-22-24-28-32(30)45)34-37(48-13-3)41(52-17-7)44(55-20-10)42(53-18-8)38(34)49-14-4/h19-28H,9-18H2,1-8H3. The molecule has 1 aliphatic carbocycles. The van der Waals surface area contributed by atoms with Crippen molar-refractivity contribution >= 4 is 0 Å². The normalized spacial score (nSPS) is 12.1. The van der Waals surface area contributed by atoms with Gasteiger partial charge in [-0.05, 0) is 77.6 Å². The molecule has 1 aliphatic rings. The van der Waals surface area contributed by atoms with E-state index in [9.17, 15) is 0 Å². The zero-order valence-electron chi connectivity index (χ0n) is 33.4. The second-order valence-electron chi connectivity index (χ2n) is 11.9. The van der Waals surface area contributed by atoms with Crippen LogP contribution in [-0.4, -0.2) is 52.9 Å². The molecule has 4 aromatic rings. The minimum atomic E-state index is -1.34. The molecule has 294 valence electrons. The van der Waals surface area contributed by atoms with Crippen LogP contribution in [0.4, 0.5) is 0 Å². The van der Waals surface area contributed by atoms with Crippen LogP contribution >= 0.6 is 0 Å². The molecular formula is C45H54O10. The molecule has 0 saturated heterocycles. The van der Waals surface area contributed by atoms with Crippen molar-refractivity contribution in [1.29, 1.82) is 0 Å². The molecule has 0 unspecified atom stereocenters. The largest absolute Gasteiger partial charge is 0.489 e. The van der Waals surface area contributed by atoms with Gasteiger partial charge >= 0.3 is 0 Å².